The maximum atomic E-state index is 6.43. The van der Waals surface area contributed by atoms with Gasteiger partial charge in [0.05, 0.1) is 12.5 Å². The predicted octanol–water partition coefficient (Wildman–Crippen LogP) is 3.17. The van der Waals surface area contributed by atoms with Crippen molar-refractivity contribution in [1.29, 1.82) is 0 Å². The number of benzene rings is 1. The van der Waals surface area contributed by atoms with Gasteiger partial charge in [-0.05, 0) is 43.4 Å². The lowest BCUT2D eigenvalue weighted by Crippen LogP contribution is -2.41. The fraction of sp³-hybridized carbons (Fsp3) is 0.556. The molecule has 0 aromatic heterocycles. The largest absolute Gasteiger partial charge is 0.493 e. The zero-order valence-electron chi connectivity index (χ0n) is 12.8. The van der Waals surface area contributed by atoms with Crippen molar-refractivity contribution in [2.75, 3.05) is 13.7 Å². The minimum atomic E-state index is 0.0500. The van der Waals surface area contributed by atoms with E-state index in [2.05, 4.69) is 30.5 Å². The highest BCUT2D eigenvalue weighted by molar-refractivity contribution is 5.60. The van der Waals surface area contributed by atoms with E-state index in [0.717, 1.165) is 37.4 Å². The summed E-state index contributed by atoms with van der Waals surface area (Å²) in [6.45, 7) is 4.22. The molecule has 2 heterocycles. The summed E-state index contributed by atoms with van der Waals surface area (Å²) in [5.74, 6) is 2.51. The molecule has 0 bridgehead atoms. The second-order valence-corrected chi connectivity index (χ2v) is 6.47. The molecule has 3 nitrogen and oxygen atoms in total. The first kappa shape index (κ1) is 13.2. The molecule has 0 saturated carbocycles. The highest BCUT2D eigenvalue weighted by atomic mass is 16.5. The van der Waals surface area contributed by atoms with Gasteiger partial charge in [-0.3, -0.25) is 0 Å². The molecule has 21 heavy (non-hydrogen) atoms. The molecule has 1 spiro atoms. The van der Waals surface area contributed by atoms with E-state index in [1.807, 2.05) is 6.07 Å². The smallest absolute Gasteiger partial charge is 0.166 e. The van der Waals surface area contributed by atoms with Gasteiger partial charge in [0.15, 0.2) is 11.5 Å². The van der Waals surface area contributed by atoms with Gasteiger partial charge < -0.3 is 14.8 Å². The monoisotopic (exact) mass is 285 g/mol. The van der Waals surface area contributed by atoms with Crippen molar-refractivity contribution in [3.8, 4) is 11.5 Å². The standard InChI is InChI=1S/C18H23NO2/c1-3-12-6-7-18-8-9-19-11-13-4-5-14(20-2)17(16(13)18)21-15(18)10-12/h4-7,12,15,19H,3,8-11H2,1-2H3/t12-,15?,18?/m0/s1. The van der Waals surface area contributed by atoms with E-state index in [-0.39, 0.29) is 11.5 Å². The second kappa shape index (κ2) is 4.77. The molecule has 4 rings (SSSR count). The minimum absolute atomic E-state index is 0.0500. The third kappa shape index (κ3) is 1.76. The van der Waals surface area contributed by atoms with Gasteiger partial charge in [0.1, 0.15) is 6.10 Å². The van der Waals surface area contributed by atoms with E-state index in [1.54, 1.807) is 7.11 Å². The molecule has 1 N–H and O–H groups in total. The van der Waals surface area contributed by atoms with E-state index in [4.69, 9.17) is 9.47 Å². The van der Waals surface area contributed by atoms with Crippen LogP contribution in [-0.2, 0) is 12.0 Å². The number of ether oxygens (including phenoxy) is 2. The third-order valence-electron chi connectivity index (χ3n) is 5.47. The first-order valence-corrected chi connectivity index (χ1v) is 8.05. The number of allylic oxidation sites excluding steroid dienone is 1. The van der Waals surface area contributed by atoms with E-state index in [0.29, 0.717) is 5.92 Å². The summed E-state index contributed by atoms with van der Waals surface area (Å²) in [6.07, 6.45) is 8.53. The number of hydrogen-bond acceptors (Lipinski definition) is 3. The highest BCUT2D eigenvalue weighted by Gasteiger charge is 2.51. The quantitative estimate of drug-likeness (QED) is 0.847. The highest BCUT2D eigenvalue weighted by Crippen LogP contribution is 2.55. The van der Waals surface area contributed by atoms with Crippen LogP contribution in [0.1, 0.15) is 37.3 Å². The van der Waals surface area contributed by atoms with Gasteiger partial charge >= 0.3 is 0 Å². The minimum Gasteiger partial charge on any atom is -0.493 e. The molecule has 1 aromatic rings. The van der Waals surface area contributed by atoms with E-state index < -0.39 is 0 Å². The Morgan fingerprint density at radius 1 is 1.43 bits per heavy atom. The lowest BCUT2D eigenvalue weighted by Gasteiger charge is -2.36. The molecule has 1 aliphatic carbocycles. The molecule has 0 fully saturated rings. The molecule has 0 amide bonds. The van der Waals surface area contributed by atoms with Gasteiger partial charge in [-0.1, -0.05) is 25.1 Å². The summed E-state index contributed by atoms with van der Waals surface area (Å²) >= 11 is 0. The number of hydrogen-bond donors (Lipinski definition) is 1. The molecule has 3 heteroatoms. The van der Waals surface area contributed by atoms with Crippen LogP contribution < -0.4 is 14.8 Å². The first-order chi connectivity index (χ1) is 10.3. The van der Waals surface area contributed by atoms with Crippen LogP contribution in [0, 0.1) is 5.92 Å². The molecule has 0 radical (unpaired) electrons. The molecule has 1 aromatic carbocycles. The molecular formula is C18H23NO2. The second-order valence-electron chi connectivity index (χ2n) is 6.47. The van der Waals surface area contributed by atoms with Crippen molar-refractivity contribution in [1.82, 2.24) is 5.32 Å². The van der Waals surface area contributed by atoms with Crippen molar-refractivity contribution in [2.24, 2.45) is 5.92 Å². The molecule has 2 unspecified atom stereocenters. The maximum Gasteiger partial charge on any atom is 0.166 e. The van der Waals surface area contributed by atoms with Gasteiger partial charge in [-0.15, -0.1) is 0 Å². The maximum absolute atomic E-state index is 6.43. The zero-order chi connectivity index (χ0) is 14.4. The summed E-state index contributed by atoms with van der Waals surface area (Å²) in [7, 11) is 1.73. The topological polar surface area (TPSA) is 30.5 Å². The fourth-order valence-electron chi connectivity index (χ4n) is 4.25. The van der Waals surface area contributed by atoms with Crippen LogP contribution in [0.3, 0.4) is 0 Å². The zero-order valence-corrected chi connectivity index (χ0v) is 12.8. The van der Waals surface area contributed by atoms with Gasteiger partial charge in [0.2, 0.25) is 0 Å². The van der Waals surface area contributed by atoms with Gasteiger partial charge in [-0.2, -0.15) is 0 Å². The lowest BCUT2D eigenvalue weighted by molar-refractivity contribution is 0.129. The normalized spacial score (nSPS) is 32.9. The van der Waals surface area contributed by atoms with Gasteiger partial charge in [0.25, 0.3) is 0 Å². The van der Waals surface area contributed by atoms with Gasteiger partial charge in [0, 0.05) is 12.1 Å². The Morgan fingerprint density at radius 3 is 3.14 bits per heavy atom. The third-order valence-corrected chi connectivity index (χ3v) is 5.47. The van der Waals surface area contributed by atoms with Crippen LogP contribution in [0.5, 0.6) is 11.5 Å². The van der Waals surface area contributed by atoms with Gasteiger partial charge in [-0.25, -0.2) is 0 Å². The first-order valence-electron chi connectivity index (χ1n) is 8.05. The SMILES string of the molecule is CC[C@H]1C=CC23CCNCc4ccc(OC)c(c42)OC3C1. The van der Waals surface area contributed by atoms with Crippen LogP contribution in [-0.4, -0.2) is 19.8 Å². The fourth-order valence-corrected chi connectivity index (χ4v) is 4.25. The van der Waals surface area contributed by atoms with E-state index in [9.17, 15) is 0 Å². The Balaban J connectivity index is 1.91. The van der Waals surface area contributed by atoms with E-state index in [1.165, 1.54) is 17.5 Å². The Hall–Kier alpha value is -1.48. The van der Waals surface area contributed by atoms with Crippen molar-refractivity contribution in [2.45, 2.75) is 44.2 Å². The number of methoxy groups -OCH3 is 1. The summed E-state index contributed by atoms with van der Waals surface area (Å²) in [6, 6.07) is 4.25. The Morgan fingerprint density at radius 2 is 2.33 bits per heavy atom. The van der Waals surface area contributed by atoms with Crippen molar-refractivity contribution < 1.29 is 9.47 Å². The molecule has 3 atom stereocenters. The van der Waals surface area contributed by atoms with Crippen LogP contribution in [0.25, 0.3) is 0 Å². The number of nitrogens with one attached hydrogen (secondary N) is 1. The predicted molar refractivity (Wildman–Crippen MR) is 82.9 cm³/mol. The average Bonchev–Trinajstić information content (AvgIpc) is 2.74. The molecular weight excluding hydrogens is 262 g/mol. The molecule has 112 valence electrons. The Bertz CT molecular complexity index is 595. The summed E-state index contributed by atoms with van der Waals surface area (Å²) < 4.78 is 12.0. The van der Waals surface area contributed by atoms with Crippen LogP contribution in [0.4, 0.5) is 0 Å². The van der Waals surface area contributed by atoms with Crippen LogP contribution in [0.15, 0.2) is 24.3 Å². The van der Waals surface area contributed by atoms with Crippen molar-refractivity contribution in [3.05, 3.63) is 35.4 Å². The summed E-state index contributed by atoms with van der Waals surface area (Å²) in [5.41, 5.74) is 2.79. The molecule has 3 aliphatic rings. The van der Waals surface area contributed by atoms with Crippen molar-refractivity contribution in [3.63, 3.8) is 0 Å². The summed E-state index contributed by atoms with van der Waals surface area (Å²) in [5, 5.41) is 3.56. The average molecular weight is 285 g/mol. The van der Waals surface area contributed by atoms with Crippen LogP contribution in [0.2, 0.25) is 0 Å². The Kier molecular flexibility index (Phi) is 3.00. The number of rotatable bonds is 2. The Labute approximate surface area is 126 Å². The van der Waals surface area contributed by atoms with Crippen molar-refractivity contribution >= 4 is 0 Å². The lowest BCUT2D eigenvalue weighted by atomic mass is 9.67. The van der Waals surface area contributed by atoms with Crippen LogP contribution >= 0.6 is 0 Å². The molecule has 2 aliphatic heterocycles. The summed E-state index contributed by atoms with van der Waals surface area (Å²) in [4.78, 5) is 0. The molecule has 0 saturated heterocycles. The van der Waals surface area contributed by atoms with E-state index >= 15 is 0 Å².